The van der Waals surface area contributed by atoms with E-state index in [9.17, 15) is 14.4 Å². The van der Waals surface area contributed by atoms with E-state index >= 15 is 0 Å². The van der Waals surface area contributed by atoms with Crippen LogP contribution in [-0.2, 0) is 41.8 Å². The van der Waals surface area contributed by atoms with Crippen molar-refractivity contribution in [1.82, 2.24) is 0 Å². The Kier molecular flexibility index (Phi) is 5.26. The highest BCUT2D eigenvalue weighted by Crippen LogP contribution is 2.38. The van der Waals surface area contributed by atoms with Crippen molar-refractivity contribution >= 4 is 40.3 Å². The molecule has 0 radical (unpaired) electrons. The maximum Gasteiger partial charge on any atom is 0.302 e. The van der Waals surface area contributed by atoms with Crippen LogP contribution in [-0.4, -0.2) is 24.5 Å². The highest BCUT2D eigenvalue weighted by molar-refractivity contribution is 6.10. The van der Waals surface area contributed by atoms with E-state index in [1.807, 2.05) is 30.3 Å². The van der Waals surface area contributed by atoms with Crippen molar-refractivity contribution in [2.75, 3.05) is 6.61 Å². The van der Waals surface area contributed by atoms with Gasteiger partial charge in [0, 0.05) is 20.8 Å². The van der Waals surface area contributed by atoms with Gasteiger partial charge >= 0.3 is 17.9 Å². The molecule has 0 aromatic heterocycles. The van der Waals surface area contributed by atoms with E-state index in [1.165, 1.54) is 20.8 Å². The predicted octanol–water partition coefficient (Wildman–Crippen LogP) is 3.38. The summed E-state index contributed by atoms with van der Waals surface area (Å²) in [5.74, 6) is -1.05. The summed E-state index contributed by atoms with van der Waals surface area (Å²) in [4.78, 5) is 33.5. The quantitative estimate of drug-likeness (QED) is 0.574. The number of benzene rings is 2. The lowest BCUT2D eigenvalue weighted by Crippen LogP contribution is -2.03. The molecule has 0 unspecified atom stereocenters. The summed E-state index contributed by atoms with van der Waals surface area (Å²) in [6.07, 6.45) is 1.97. The molecule has 0 aliphatic heterocycles. The average molecular weight is 368 g/mol. The minimum absolute atomic E-state index is 0.155. The maximum absolute atomic E-state index is 11.2. The Hall–Kier alpha value is -3.15. The molecule has 0 saturated heterocycles. The summed E-state index contributed by atoms with van der Waals surface area (Å²) in [5, 5.41) is 1.98. The summed E-state index contributed by atoms with van der Waals surface area (Å²) in [7, 11) is 0. The van der Waals surface area contributed by atoms with E-state index in [4.69, 9.17) is 14.2 Å². The third-order valence-electron chi connectivity index (χ3n) is 4.19. The van der Waals surface area contributed by atoms with Crippen molar-refractivity contribution in [1.29, 1.82) is 0 Å². The number of hydrogen-bond donors (Lipinski definition) is 0. The summed E-state index contributed by atoms with van der Waals surface area (Å²) in [5.41, 5.74) is 4.49. The molecule has 6 heteroatoms. The maximum atomic E-state index is 11.2. The molecule has 0 N–H and O–H groups in total. The Labute approximate surface area is 156 Å². The van der Waals surface area contributed by atoms with E-state index in [0.717, 1.165) is 38.6 Å². The molecule has 0 saturated carbocycles. The molecular weight excluding hydrogens is 348 g/mol. The first kappa shape index (κ1) is 18.6. The molecule has 0 bridgehead atoms. The topological polar surface area (TPSA) is 78.9 Å². The molecule has 0 spiro atoms. The molecule has 0 heterocycles. The van der Waals surface area contributed by atoms with E-state index in [0.29, 0.717) is 0 Å². The molecule has 1 aliphatic rings. The molecule has 0 amide bonds. The van der Waals surface area contributed by atoms with Gasteiger partial charge in [0.15, 0.2) is 0 Å². The first-order valence-electron chi connectivity index (χ1n) is 8.54. The number of hydrogen-bond acceptors (Lipinski definition) is 6. The molecular formula is C21H20O6. The SMILES string of the molecule is CC(=O)OCC1=Cc2cc(COC(C)=O)cc3cc(COC(C)=O)cc1c23. The van der Waals surface area contributed by atoms with E-state index in [2.05, 4.69) is 0 Å². The number of carbonyl (C=O) groups excluding carboxylic acids is 3. The van der Waals surface area contributed by atoms with Crippen LogP contribution >= 0.6 is 0 Å². The lowest BCUT2D eigenvalue weighted by atomic mass is 9.97. The van der Waals surface area contributed by atoms with Crippen molar-refractivity contribution in [2.24, 2.45) is 0 Å². The van der Waals surface area contributed by atoms with Gasteiger partial charge in [-0.1, -0.05) is 0 Å². The second-order valence-corrected chi connectivity index (χ2v) is 6.44. The van der Waals surface area contributed by atoms with Crippen LogP contribution in [0.3, 0.4) is 0 Å². The van der Waals surface area contributed by atoms with Crippen LogP contribution < -0.4 is 0 Å². The number of rotatable bonds is 6. The fraction of sp³-hybridized carbons (Fsp3) is 0.286. The molecule has 140 valence electrons. The Morgan fingerprint density at radius 1 is 0.741 bits per heavy atom. The van der Waals surface area contributed by atoms with Crippen LogP contribution in [0.2, 0.25) is 0 Å². The number of esters is 3. The number of carbonyl (C=O) groups is 3. The third kappa shape index (κ3) is 4.34. The lowest BCUT2D eigenvalue weighted by molar-refractivity contribution is -0.143. The summed E-state index contributed by atoms with van der Waals surface area (Å²) in [6, 6.07) is 7.81. The highest BCUT2D eigenvalue weighted by Gasteiger charge is 2.20. The summed E-state index contributed by atoms with van der Waals surface area (Å²) >= 11 is 0. The molecule has 0 fully saturated rings. The van der Waals surface area contributed by atoms with Gasteiger partial charge in [0.2, 0.25) is 0 Å². The van der Waals surface area contributed by atoms with Crippen molar-refractivity contribution in [2.45, 2.75) is 34.0 Å². The Bertz CT molecular complexity index is 965. The first-order valence-corrected chi connectivity index (χ1v) is 8.54. The standard InChI is InChI=1S/C21H20O6/c1-12(22)25-9-15-4-17-6-16(10-26-13(2)23)7-20-19(11-27-14(3)24)8-18(5-15)21(17)20/h4-8H,9-11H2,1-3H3. The minimum Gasteiger partial charge on any atom is -0.461 e. The van der Waals surface area contributed by atoms with Gasteiger partial charge in [-0.15, -0.1) is 0 Å². The van der Waals surface area contributed by atoms with Gasteiger partial charge in [0.05, 0.1) is 0 Å². The fourth-order valence-electron chi connectivity index (χ4n) is 3.14. The molecule has 0 atom stereocenters. The van der Waals surface area contributed by atoms with Gasteiger partial charge < -0.3 is 14.2 Å². The van der Waals surface area contributed by atoms with Crippen LogP contribution in [0, 0.1) is 0 Å². The Morgan fingerprint density at radius 3 is 1.81 bits per heavy atom. The molecule has 27 heavy (non-hydrogen) atoms. The molecule has 6 nitrogen and oxygen atoms in total. The smallest absolute Gasteiger partial charge is 0.302 e. The van der Waals surface area contributed by atoms with Gasteiger partial charge in [-0.25, -0.2) is 0 Å². The molecule has 2 aromatic carbocycles. The van der Waals surface area contributed by atoms with Gasteiger partial charge in [0.1, 0.15) is 19.8 Å². The van der Waals surface area contributed by atoms with Crippen LogP contribution in [0.25, 0.3) is 22.4 Å². The fourth-order valence-corrected chi connectivity index (χ4v) is 3.14. The first-order chi connectivity index (χ1) is 12.8. The second kappa shape index (κ2) is 7.61. The largest absolute Gasteiger partial charge is 0.461 e. The molecule has 3 rings (SSSR count). The minimum atomic E-state index is -0.355. The van der Waals surface area contributed by atoms with Gasteiger partial charge in [-0.3, -0.25) is 14.4 Å². The monoisotopic (exact) mass is 368 g/mol. The molecule has 2 aromatic rings. The molecule has 1 aliphatic carbocycles. The zero-order chi connectivity index (χ0) is 19.6. The third-order valence-corrected chi connectivity index (χ3v) is 4.19. The normalized spacial score (nSPS) is 11.9. The predicted molar refractivity (Wildman–Crippen MR) is 99.4 cm³/mol. The van der Waals surface area contributed by atoms with Crippen molar-refractivity contribution in [3.63, 3.8) is 0 Å². The Balaban J connectivity index is 2.03. The summed E-state index contributed by atoms with van der Waals surface area (Å²) in [6.45, 7) is 4.59. The van der Waals surface area contributed by atoms with Crippen LogP contribution in [0.15, 0.2) is 24.3 Å². The number of ether oxygens (including phenoxy) is 3. The van der Waals surface area contributed by atoms with Crippen molar-refractivity contribution in [3.05, 3.63) is 46.5 Å². The van der Waals surface area contributed by atoms with E-state index in [-0.39, 0.29) is 37.7 Å². The van der Waals surface area contributed by atoms with Crippen LogP contribution in [0.1, 0.15) is 43.0 Å². The second-order valence-electron chi connectivity index (χ2n) is 6.44. The van der Waals surface area contributed by atoms with Gasteiger partial charge in [0.25, 0.3) is 0 Å². The van der Waals surface area contributed by atoms with Crippen molar-refractivity contribution < 1.29 is 28.6 Å². The zero-order valence-corrected chi connectivity index (χ0v) is 15.5. The van der Waals surface area contributed by atoms with Crippen LogP contribution in [0.5, 0.6) is 0 Å². The van der Waals surface area contributed by atoms with E-state index in [1.54, 1.807) is 0 Å². The summed E-state index contributed by atoms with van der Waals surface area (Å²) < 4.78 is 15.4. The van der Waals surface area contributed by atoms with Crippen LogP contribution in [0.4, 0.5) is 0 Å². The zero-order valence-electron chi connectivity index (χ0n) is 15.5. The lowest BCUT2D eigenvalue weighted by Gasteiger charge is -2.12. The highest BCUT2D eigenvalue weighted by atomic mass is 16.5. The van der Waals surface area contributed by atoms with E-state index < -0.39 is 0 Å². The van der Waals surface area contributed by atoms with Gasteiger partial charge in [-0.2, -0.15) is 0 Å². The Morgan fingerprint density at radius 2 is 1.26 bits per heavy atom. The average Bonchev–Trinajstić information content (AvgIpc) is 2.95. The van der Waals surface area contributed by atoms with Gasteiger partial charge in [-0.05, 0) is 68.9 Å². The van der Waals surface area contributed by atoms with Crippen molar-refractivity contribution in [3.8, 4) is 0 Å².